The van der Waals surface area contributed by atoms with E-state index in [4.69, 9.17) is 53.2 Å². The van der Waals surface area contributed by atoms with E-state index in [-0.39, 0.29) is 56.5 Å². The quantitative estimate of drug-likeness (QED) is 0.0101. The standard InChI is InChI=1S/C45H60N16O26P4/c1-19-31(85-88(69,70)79-11-22-28(62)30(64)41(82-22)59-16-52-26-36(59)53-43(46)55-38(26)65)24(84-40(19)58-15-51-25-34(48-5)49-14-50-35(25)58)13-81-90(73,74)87-91(75,76)86-89(71,72)80-12-23-29(63)32(42(83-23)60-17-57(6)27-37(60)54-44(47)56-39(27)66)77-18-78-33(45(2,3)4)20-9-7-8-10-21(20)61(67)68/h7-10,14-17,19,22-24,28-33,40-42,62-64H,11-13,18H2,1-6H3,(H10-,46,47,48,49,50,53,54,55,56,65,66,69,70,71,72,73,74,75,76)/p-4/t19?,22-,23-,24-,28+,29+,30?,31-,32?,33?,40-,41-,42-/m1/s1. The first-order valence-electron chi connectivity index (χ1n) is 26.7. The Kier molecular flexibility index (Phi) is 19.1. The van der Waals surface area contributed by atoms with Crippen LogP contribution in [0.1, 0.15) is 58.0 Å². The number of aryl methyl sites for hydroxylation is 1. The Balaban J connectivity index is 0.813. The van der Waals surface area contributed by atoms with Gasteiger partial charge in [-0.3, -0.25) is 51.9 Å². The molecule has 0 bridgehead atoms. The summed E-state index contributed by atoms with van der Waals surface area (Å²) in [6.45, 7) is 2.10. The predicted molar refractivity (Wildman–Crippen MR) is 290 cm³/mol. The highest BCUT2D eigenvalue weighted by Gasteiger charge is 2.51. The molecular formula is C45H56N16O26P4-4. The fraction of sp³-hybridized carbons (Fsp3) is 0.533. The lowest BCUT2D eigenvalue weighted by Gasteiger charge is -2.35. The number of rotatable bonds is 25. The maximum atomic E-state index is 13.7. The van der Waals surface area contributed by atoms with Crippen molar-refractivity contribution in [3.8, 4) is 5.88 Å². The lowest BCUT2D eigenvalue weighted by molar-refractivity contribution is -0.746. The molecule has 6 aromatic heterocycles. The van der Waals surface area contributed by atoms with E-state index in [1.165, 1.54) is 61.0 Å². The molecule has 0 amide bonds. The lowest BCUT2D eigenvalue weighted by Crippen LogP contribution is -2.47. The molecule has 7 aromatic rings. The molecular weight excluding hydrogens is 1300 g/mol. The van der Waals surface area contributed by atoms with E-state index in [1.807, 2.05) is 0 Å². The molecule has 10 rings (SSSR count). The van der Waals surface area contributed by atoms with Gasteiger partial charge in [0.1, 0.15) is 73.7 Å². The van der Waals surface area contributed by atoms with Crippen molar-refractivity contribution in [2.45, 2.75) is 101 Å². The highest BCUT2D eigenvalue weighted by molar-refractivity contribution is 7.65. The molecule has 0 aliphatic carbocycles. The molecule has 496 valence electrons. The van der Waals surface area contributed by atoms with Crippen LogP contribution >= 0.6 is 31.3 Å². The van der Waals surface area contributed by atoms with Gasteiger partial charge in [-0.25, -0.2) is 38.1 Å². The van der Waals surface area contributed by atoms with Gasteiger partial charge < -0.3 is 98.6 Å². The summed E-state index contributed by atoms with van der Waals surface area (Å²) in [5.41, 5.74) is 9.35. The number of anilines is 3. The van der Waals surface area contributed by atoms with Crippen LogP contribution in [0.2, 0.25) is 0 Å². The van der Waals surface area contributed by atoms with Crippen molar-refractivity contribution in [2.75, 3.05) is 50.4 Å². The van der Waals surface area contributed by atoms with Crippen molar-refractivity contribution in [1.29, 1.82) is 0 Å². The van der Waals surface area contributed by atoms with E-state index in [9.17, 15) is 73.2 Å². The van der Waals surface area contributed by atoms with Crippen LogP contribution in [0.25, 0.3) is 33.5 Å². The summed E-state index contributed by atoms with van der Waals surface area (Å²) >= 11 is 0. The number of H-pyrrole nitrogens is 1. The number of nitrogens with one attached hydrogen (secondary N) is 2. The smallest absolute Gasteiger partial charge is 0.309 e. The number of hydrogen-bond donors (Lipinski definition) is 7. The maximum absolute atomic E-state index is 13.7. The SMILES string of the molecule is CNc1ncnc2c1ncn2[C@@H]1O[C@H](COP(=O)([O-])OP(=O)([O-])OP(=O)([O-])OC[C@H]2O[C@@H]([n+]3cn(C)c4c([O-])nc(N)nc43)C(OCOC(c3ccccc3[N+](=O)[O-])C(C)(C)C)[C@H]2O)[C@H](OP(=O)([O-])OC[C@H]2O[C@@H](n3cnc4c(=O)[nH]c(N)nc43)C(O)[C@H]2O)C1C. The van der Waals surface area contributed by atoms with Crippen LogP contribution < -0.4 is 51.6 Å². The third kappa shape index (κ3) is 14.2. The number of aliphatic hydroxyl groups is 3. The fourth-order valence-electron chi connectivity index (χ4n) is 10.5. The number of phosphoric ester groups is 3. The maximum Gasteiger partial charge on any atom is 0.309 e. The molecule has 9 N–H and O–H groups in total. The largest absolute Gasteiger partial charge is 0.856 e. The lowest BCUT2D eigenvalue weighted by atomic mass is 9.84. The third-order valence-corrected chi connectivity index (χ3v) is 19.5. The molecule has 8 unspecified atom stereocenters. The van der Waals surface area contributed by atoms with E-state index >= 15 is 0 Å². The number of nitro benzene ring substituents is 1. The predicted octanol–water partition coefficient (Wildman–Crippen LogP) is -2.68. The number of para-hydroxylation sites is 1. The molecule has 0 spiro atoms. The van der Waals surface area contributed by atoms with Gasteiger partial charge in [0.2, 0.25) is 12.2 Å². The fourth-order valence-corrected chi connectivity index (χ4v) is 14.9. The second-order valence-corrected chi connectivity index (χ2v) is 27.5. The molecule has 91 heavy (non-hydrogen) atoms. The van der Waals surface area contributed by atoms with Gasteiger partial charge in [0, 0.05) is 24.9 Å². The number of nitrogens with two attached hydrogens (primary N) is 2. The third-order valence-electron chi connectivity index (χ3n) is 14.5. The number of aromatic amines is 1. The Morgan fingerprint density at radius 2 is 1.42 bits per heavy atom. The summed E-state index contributed by atoms with van der Waals surface area (Å²) in [5.74, 6) is -2.60. The number of benzene rings is 1. The average Bonchev–Trinajstić information content (AvgIpc) is 1.64. The molecule has 0 radical (unpaired) electrons. The number of imidazole rings is 3. The molecule has 3 fully saturated rings. The molecule has 9 heterocycles. The molecule has 1 aromatic carbocycles. The van der Waals surface area contributed by atoms with Crippen LogP contribution in [0, 0.1) is 21.4 Å². The summed E-state index contributed by atoms with van der Waals surface area (Å²) in [4.78, 5) is 107. The number of fused-ring (bicyclic) bond motifs is 3. The number of aromatic nitrogens is 12. The van der Waals surface area contributed by atoms with Crippen molar-refractivity contribution in [1.82, 2.24) is 53.6 Å². The Hall–Kier alpha value is -6.53. The Bertz CT molecular complexity index is 4130. The molecule has 3 saturated heterocycles. The number of ether oxygens (including phenoxy) is 5. The molecule has 3 aliphatic heterocycles. The van der Waals surface area contributed by atoms with E-state index in [1.54, 1.807) is 26.8 Å². The van der Waals surface area contributed by atoms with Gasteiger partial charge in [-0.2, -0.15) is 4.98 Å². The van der Waals surface area contributed by atoms with Crippen molar-refractivity contribution in [3.05, 3.63) is 75.6 Å². The highest BCUT2D eigenvalue weighted by Crippen LogP contribution is 2.63. The van der Waals surface area contributed by atoms with Gasteiger partial charge in [-0.15, -0.1) is 0 Å². The second kappa shape index (κ2) is 25.8. The van der Waals surface area contributed by atoms with E-state index in [0.717, 1.165) is 21.8 Å². The second-order valence-electron chi connectivity index (χ2n) is 21.7. The van der Waals surface area contributed by atoms with Crippen LogP contribution in [0.5, 0.6) is 5.88 Å². The first-order chi connectivity index (χ1) is 42.7. The van der Waals surface area contributed by atoms with Gasteiger partial charge in [-0.1, -0.05) is 44.8 Å². The number of nitrogens with zero attached hydrogens (tertiary/aromatic N) is 12. The molecule has 46 heteroatoms. The van der Waals surface area contributed by atoms with Crippen LogP contribution in [-0.4, -0.2) is 156 Å². The van der Waals surface area contributed by atoms with Crippen LogP contribution in [0.4, 0.5) is 23.4 Å². The van der Waals surface area contributed by atoms with Crippen molar-refractivity contribution in [2.24, 2.45) is 18.4 Å². The number of nitro groups is 1. The minimum atomic E-state index is -6.67. The number of nitrogen functional groups attached to an aromatic ring is 2. The average molecular weight is 1360 g/mol. The van der Waals surface area contributed by atoms with Gasteiger partial charge in [-0.05, 0) is 11.5 Å². The van der Waals surface area contributed by atoms with Crippen molar-refractivity contribution >= 4 is 88.2 Å². The summed E-state index contributed by atoms with van der Waals surface area (Å²) in [7, 11) is -22.1. The van der Waals surface area contributed by atoms with E-state index < -0.39 is 165 Å². The van der Waals surface area contributed by atoms with Crippen LogP contribution in [0.15, 0.2) is 54.4 Å². The van der Waals surface area contributed by atoms with E-state index in [0.29, 0.717) is 0 Å². The molecule has 0 saturated carbocycles. The molecule has 17 atom stereocenters. The highest BCUT2D eigenvalue weighted by atomic mass is 31.3. The zero-order valence-electron chi connectivity index (χ0n) is 48.0. The van der Waals surface area contributed by atoms with Gasteiger partial charge >= 0.3 is 5.65 Å². The van der Waals surface area contributed by atoms with Gasteiger partial charge in [0.05, 0.1) is 56.1 Å². The zero-order chi connectivity index (χ0) is 66.0. The topological polar surface area (TPSA) is 595 Å². The molecule has 3 aliphatic rings. The Morgan fingerprint density at radius 3 is 2.08 bits per heavy atom. The minimum absolute atomic E-state index is 0.0959. The summed E-state index contributed by atoms with van der Waals surface area (Å²) in [6.07, 6.45) is -15.2. The van der Waals surface area contributed by atoms with Gasteiger partial charge in [0.15, 0.2) is 40.7 Å². The number of aliphatic hydroxyl groups excluding tert-OH is 3. The number of hydrogen-bond acceptors (Lipinski definition) is 36. The van der Waals surface area contributed by atoms with Crippen molar-refractivity contribution in [3.63, 3.8) is 0 Å². The normalized spacial score (nSPS) is 27.7. The monoisotopic (exact) mass is 1360 g/mol. The first-order valence-corrected chi connectivity index (χ1v) is 32.6. The number of phosphoric acid groups is 4. The first kappa shape index (κ1) is 67.4. The Labute approximate surface area is 510 Å². The van der Waals surface area contributed by atoms with E-state index in [2.05, 4.69) is 53.8 Å². The molecule has 42 nitrogen and oxygen atoms in total. The Morgan fingerprint density at radius 1 is 0.802 bits per heavy atom. The summed E-state index contributed by atoms with van der Waals surface area (Å²) < 4.78 is 116. The summed E-state index contributed by atoms with van der Waals surface area (Å²) in [6, 6.07) is 5.74. The zero-order valence-corrected chi connectivity index (χ0v) is 51.6. The van der Waals surface area contributed by atoms with Crippen LogP contribution in [-0.2, 0) is 75.7 Å². The van der Waals surface area contributed by atoms with Crippen LogP contribution in [0.3, 0.4) is 0 Å². The van der Waals surface area contributed by atoms with Crippen molar-refractivity contribution < 1.29 is 118 Å². The van der Waals surface area contributed by atoms with Gasteiger partial charge in [0.25, 0.3) is 48.5 Å². The minimum Gasteiger partial charge on any atom is -0.856 e. The summed E-state index contributed by atoms with van der Waals surface area (Å²) in [5, 5.41) is 61.2.